The lowest BCUT2D eigenvalue weighted by Gasteiger charge is -2.46. The van der Waals surface area contributed by atoms with Gasteiger partial charge in [-0.15, -0.1) is 0 Å². The fourth-order valence-corrected chi connectivity index (χ4v) is 3.58. The summed E-state index contributed by atoms with van der Waals surface area (Å²) < 4.78 is 16.3. The summed E-state index contributed by atoms with van der Waals surface area (Å²) in [6, 6.07) is 5.50. The summed E-state index contributed by atoms with van der Waals surface area (Å²) in [4.78, 5) is 10.9. The van der Waals surface area contributed by atoms with Crippen molar-refractivity contribution in [2.75, 3.05) is 18.5 Å². The Morgan fingerprint density at radius 3 is 2.03 bits per heavy atom. The summed E-state index contributed by atoms with van der Waals surface area (Å²) in [5, 5.41) is 81.6. The normalized spacial score (nSPS) is 40.1. The van der Waals surface area contributed by atoms with Crippen molar-refractivity contribution in [1.82, 2.24) is 0 Å². The van der Waals surface area contributed by atoms with Gasteiger partial charge in [0.25, 0.3) is 0 Å². The Labute approximate surface area is 182 Å². The predicted molar refractivity (Wildman–Crippen MR) is 103 cm³/mol. The van der Waals surface area contributed by atoms with Crippen molar-refractivity contribution in [2.24, 2.45) is 0 Å². The molecule has 3 rings (SSSR count). The lowest BCUT2D eigenvalue weighted by Crippen LogP contribution is -2.65. The summed E-state index contributed by atoms with van der Waals surface area (Å²) in [6.45, 7) is -1.35. The second kappa shape index (κ2) is 10.4. The largest absolute Gasteiger partial charge is 0.478 e. The maximum Gasteiger partial charge on any atom is 0.335 e. The molecule has 32 heavy (non-hydrogen) atoms. The Kier molecular flexibility index (Phi) is 8.00. The number of hydrogen-bond acceptors (Lipinski definition) is 12. The van der Waals surface area contributed by atoms with E-state index < -0.39 is 80.5 Å². The van der Waals surface area contributed by atoms with Gasteiger partial charge in [0.15, 0.2) is 12.5 Å². The van der Waals surface area contributed by atoms with Crippen LogP contribution in [0.4, 0.5) is 5.69 Å². The van der Waals surface area contributed by atoms with Gasteiger partial charge in [0.05, 0.1) is 18.8 Å². The van der Waals surface area contributed by atoms with Gasteiger partial charge in [0.2, 0.25) is 0 Å². The van der Waals surface area contributed by atoms with E-state index in [2.05, 4.69) is 5.32 Å². The second-order valence-corrected chi connectivity index (χ2v) is 7.58. The molecule has 0 radical (unpaired) electrons. The van der Waals surface area contributed by atoms with Crippen molar-refractivity contribution in [3.05, 3.63) is 29.8 Å². The van der Waals surface area contributed by atoms with Gasteiger partial charge in [-0.2, -0.15) is 0 Å². The van der Waals surface area contributed by atoms with Gasteiger partial charge in [-0.3, -0.25) is 0 Å². The highest BCUT2D eigenvalue weighted by atomic mass is 16.7. The molecular weight excluding hydrogens is 434 g/mol. The second-order valence-electron chi connectivity index (χ2n) is 7.58. The quantitative estimate of drug-likeness (QED) is 0.192. The first-order valence-electron chi connectivity index (χ1n) is 9.86. The Morgan fingerprint density at radius 1 is 0.844 bits per heavy atom. The Bertz CT molecular complexity index is 759. The Balaban J connectivity index is 1.70. The summed E-state index contributed by atoms with van der Waals surface area (Å²) in [7, 11) is 0. The van der Waals surface area contributed by atoms with E-state index in [9.17, 15) is 40.5 Å². The maximum atomic E-state index is 10.9. The van der Waals surface area contributed by atoms with Crippen LogP contribution in [0.3, 0.4) is 0 Å². The average molecular weight is 461 g/mol. The first-order chi connectivity index (χ1) is 15.2. The van der Waals surface area contributed by atoms with Gasteiger partial charge in [-0.05, 0) is 24.3 Å². The molecule has 10 atom stereocenters. The van der Waals surface area contributed by atoms with Crippen LogP contribution in [0.2, 0.25) is 0 Å². The number of anilines is 1. The lowest BCUT2D eigenvalue weighted by atomic mass is 9.96. The molecule has 2 fully saturated rings. The SMILES string of the molecule is O=C(O)c1ccc(N[C@H]2O[C@@H](CO)[C@@H](O[C@H]3O[C@@H](CO)[C@@H](O)[C@@H](O)[C@H]3O)[C@@H](O)[C@@H]2O)cc1. The number of nitrogens with one attached hydrogen (secondary N) is 1. The van der Waals surface area contributed by atoms with Crippen molar-refractivity contribution in [3.63, 3.8) is 0 Å². The number of carboxylic acids is 1. The smallest absolute Gasteiger partial charge is 0.335 e. The lowest BCUT2D eigenvalue weighted by molar-refractivity contribution is -0.340. The van der Waals surface area contributed by atoms with E-state index >= 15 is 0 Å². The number of carboxylic acid groups (broad SMARTS) is 1. The van der Waals surface area contributed by atoms with Gasteiger partial charge in [-0.25, -0.2) is 4.79 Å². The summed E-state index contributed by atoms with van der Waals surface area (Å²) in [5.74, 6) is -1.12. The minimum Gasteiger partial charge on any atom is -0.478 e. The molecule has 13 heteroatoms. The third-order valence-corrected chi connectivity index (χ3v) is 5.44. The van der Waals surface area contributed by atoms with Gasteiger partial charge in [0.1, 0.15) is 48.8 Å². The van der Waals surface area contributed by atoms with Crippen molar-refractivity contribution in [1.29, 1.82) is 0 Å². The molecule has 9 N–H and O–H groups in total. The molecule has 0 aromatic heterocycles. The standard InChI is InChI=1S/C19H27NO12/c21-5-9-11(23)12(24)15(27)19(31-9)32-16-10(6-22)30-17(14(26)13(16)25)20-8-3-1-7(2-4-8)18(28)29/h1-4,9-17,19-27H,5-6H2,(H,28,29)/t9-,10-,11+,12+,13-,14-,15+,16+,17-,19+/m0/s1. The van der Waals surface area contributed by atoms with Crippen LogP contribution < -0.4 is 5.32 Å². The zero-order chi connectivity index (χ0) is 23.6. The topological polar surface area (TPSA) is 219 Å². The molecule has 0 saturated carbocycles. The molecule has 0 amide bonds. The molecular formula is C19H27NO12. The van der Waals surface area contributed by atoms with E-state index in [1.807, 2.05) is 0 Å². The minimum atomic E-state index is -1.75. The van der Waals surface area contributed by atoms with Crippen LogP contribution in [0, 0.1) is 0 Å². The number of hydrogen-bond donors (Lipinski definition) is 9. The van der Waals surface area contributed by atoms with Gasteiger partial charge in [0, 0.05) is 5.69 Å². The fourth-order valence-electron chi connectivity index (χ4n) is 3.58. The molecule has 0 unspecified atom stereocenters. The van der Waals surface area contributed by atoms with E-state index in [0.29, 0.717) is 5.69 Å². The highest BCUT2D eigenvalue weighted by Crippen LogP contribution is 2.29. The Hall–Kier alpha value is -1.91. The number of aliphatic hydroxyl groups excluding tert-OH is 7. The van der Waals surface area contributed by atoms with E-state index in [4.69, 9.17) is 19.3 Å². The molecule has 2 aliphatic rings. The fraction of sp³-hybridized carbons (Fsp3) is 0.632. The van der Waals surface area contributed by atoms with Crippen molar-refractivity contribution < 1.29 is 59.9 Å². The van der Waals surface area contributed by atoms with Crippen LogP contribution in [0.5, 0.6) is 0 Å². The summed E-state index contributed by atoms with van der Waals surface area (Å²) in [6.07, 6.45) is -15.0. The zero-order valence-electron chi connectivity index (χ0n) is 16.7. The molecule has 2 saturated heterocycles. The summed E-state index contributed by atoms with van der Waals surface area (Å²) >= 11 is 0. The third kappa shape index (κ3) is 5.02. The molecule has 2 aliphatic heterocycles. The van der Waals surface area contributed by atoms with Gasteiger partial charge < -0.3 is 60.4 Å². The number of benzene rings is 1. The first kappa shape index (κ1) is 24.7. The molecule has 180 valence electrons. The van der Waals surface area contributed by atoms with Crippen LogP contribution in [0.25, 0.3) is 0 Å². The summed E-state index contributed by atoms with van der Waals surface area (Å²) in [5.41, 5.74) is 0.415. The molecule has 13 nitrogen and oxygen atoms in total. The number of aliphatic hydroxyl groups is 7. The molecule has 2 heterocycles. The van der Waals surface area contributed by atoms with Crippen LogP contribution in [-0.2, 0) is 14.2 Å². The molecule has 0 bridgehead atoms. The first-order valence-corrected chi connectivity index (χ1v) is 9.86. The van der Waals surface area contributed by atoms with Crippen molar-refractivity contribution >= 4 is 11.7 Å². The van der Waals surface area contributed by atoms with Crippen LogP contribution in [0.15, 0.2) is 24.3 Å². The Morgan fingerprint density at radius 2 is 1.47 bits per heavy atom. The van der Waals surface area contributed by atoms with Crippen LogP contribution in [-0.4, -0.2) is 121 Å². The number of carbonyl (C=O) groups is 1. The van der Waals surface area contributed by atoms with E-state index in [0.717, 1.165) is 0 Å². The number of ether oxygens (including phenoxy) is 3. The van der Waals surface area contributed by atoms with Crippen molar-refractivity contribution in [2.45, 2.75) is 61.3 Å². The predicted octanol–water partition coefficient (Wildman–Crippen LogP) is -3.58. The molecule has 0 spiro atoms. The average Bonchev–Trinajstić information content (AvgIpc) is 2.79. The number of rotatable bonds is 7. The van der Waals surface area contributed by atoms with E-state index in [1.165, 1.54) is 24.3 Å². The monoisotopic (exact) mass is 461 g/mol. The van der Waals surface area contributed by atoms with Crippen molar-refractivity contribution in [3.8, 4) is 0 Å². The van der Waals surface area contributed by atoms with Gasteiger partial charge >= 0.3 is 5.97 Å². The third-order valence-electron chi connectivity index (χ3n) is 5.44. The highest BCUT2D eigenvalue weighted by molar-refractivity contribution is 5.88. The zero-order valence-corrected chi connectivity index (χ0v) is 16.7. The van der Waals surface area contributed by atoms with E-state index in [-0.39, 0.29) is 5.56 Å². The molecule has 0 aliphatic carbocycles. The minimum absolute atomic E-state index is 0.0434. The maximum absolute atomic E-state index is 10.9. The highest BCUT2D eigenvalue weighted by Gasteiger charge is 2.50. The molecule has 1 aromatic carbocycles. The molecule has 1 aromatic rings. The van der Waals surface area contributed by atoms with Crippen LogP contribution >= 0.6 is 0 Å². The van der Waals surface area contributed by atoms with E-state index in [1.54, 1.807) is 0 Å². The number of aromatic carboxylic acids is 1. The van der Waals surface area contributed by atoms with Gasteiger partial charge in [-0.1, -0.05) is 0 Å². The van der Waals surface area contributed by atoms with Crippen LogP contribution in [0.1, 0.15) is 10.4 Å².